The fourth-order valence-electron chi connectivity index (χ4n) is 3.07. The van der Waals surface area contributed by atoms with Gasteiger partial charge >= 0.3 is 12.1 Å². The van der Waals surface area contributed by atoms with E-state index in [-0.39, 0.29) is 19.0 Å². The van der Waals surface area contributed by atoms with Crippen molar-refractivity contribution in [1.82, 2.24) is 25.5 Å². The van der Waals surface area contributed by atoms with Crippen LogP contribution in [-0.4, -0.2) is 49.7 Å². The number of ketones is 1. The lowest BCUT2D eigenvalue weighted by molar-refractivity contribution is -0.156. The number of carbonyl (C=O) groups excluding carboxylic acids is 3. The Morgan fingerprint density at radius 2 is 1.69 bits per heavy atom. The van der Waals surface area contributed by atoms with Crippen molar-refractivity contribution in [3.8, 4) is 11.4 Å². The lowest BCUT2D eigenvalue weighted by Gasteiger charge is -2.22. The standard InChI is InChI=1S/C24H25Cl2N5O5/c1-24(2,3)36-20(33)12-18(27-23(34)35-14-15-8-5-4-6-9-15)19(32)13-31-29-22(28-30-31)21-16(25)10-7-11-17(21)26/h4-11,18H,12-14H2,1-3H3,(H,27,34). The molecular formula is C24H25Cl2N5O5. The summed E-state index contributed by atoms with van der Waals surface area (Å²) in [7, 11) is 0. The van der Waals surface area contributed by atoms with Crippen LogP contribution in [0.3, 0.4) is 0 Å². The van der Waals surface area contributed by atoms with E-state index in [1.54, 1.807) is 63.2 Å². The number of amides is 1. The number of tetrazole rings is 1. The number of hydrogen-bond donors (Lipinski definition) is 1. The lowest BCUT2D eigenvalue weighted by Crippen LogP contribution is -2.45. The Balaban J connectivity index is 1.71. The van der Waals surface area contributed by atoms with Crippen LogP contribution in [0, 0.1) is 0 Å². The average Bonchev–Trinajstić information content (AvgIpc) is 3.24. The summed E-state index contributed by atoms with van der Waals surface area (Å²) in [5.74, 6) is -1.11. The van der Waals surface area contributed by atoms with E-state index in [0.29, 0.717) is 15.6 Å². The van der Waals surface area contributed by atoms with Gasteiger partial charge in [0.1, 0.15) is 24.8 Å². The second kappa shape index (κ2) is 12.0. The van der Waals surface area contributed by atoms with Gasteiger partial charge in [0.2, 0.25) is 5.82 Å². The molecule has 0 saturated carbocycles. The van der Waals surface area contributed by atoms with E-state index in [0.717, 1.165) is 10.4 Å². The summed E-state index contributed by atoms with van der Waals surface area (Å²) < 4.78 is 10.5. The molecule has 0 spiro atoms. The van der Waals surface area contributed by atoms with Crippen LogP contribution < -0.4 is 5.32 Å². The van der Waals surface area contributed by atoms with Crippen molar-refractivity contribution in [3.05, 3.63) is 64.1 Å². The van der Waals surface area contributed by atoms with Crippen molar-refractivity contribution in [2.45, 2.75) is 52.0 Å². The number of alkyl carbamates (subject to hydrolysis) is 1. The smallest absolute Gasteiger partial charge is 0.408 e. The van der Waals surface area contributed by atoms with E-state index in [1.807, 2.05) is 6.07 Å². The number of aromatic nitrogens is 4. The van der Waals surface area contributed by atoms with Crippen molar-refractivity contribution in [1.29, 1.82) is 0 Å². The van der Waals surface area contributed by atoms with Crippen molar-refractivity contribution >= 4 is 41.0 Å². The fourth-order valence-corrected chi connectivity index (χ4v) is 3.64. The molecule has 1 unspecified atom stereocenters. The second-order valence-electron chi connectivity index (χ2n) is 8.76. The van der Waals surface area contributed by atoms with Crippen molar-refractivity contribution in [3.63, 3.8) is 0 Å². The van der Waals surface area contributed by atoms with E-state index in [1.165, 1.54) is 0 Å². The molecule has 1 N–H and O–H groups in total. The van der Waals surface area contributed by atoms with Crippen molar-refractivity contribution in [2.75, 3.05) is 0 Å². The molecule has 0 saturated heterocycles. The summed E-state index contributed by atoms with van der Waals surface area (Å²) in [6.45, 7) is 4.70. The van der Waals surface area contributed by atoms with E-state index < -0.39 is 35.9 Å². The number of ether oxygens (including phenoxy) is 2. The van der Waals surface area contributed by atoms with Gasteiger partial charge in [0.05, 0.1) is 22.0 Å². The van der Waals surface area contributed by atoms with Crippen molar-refractivity contribution in [2.24, 2.45) is 0 Å². The molecule has 3 aromatic rings. The molecule has 2 aromatic carbocycles. The highest BCUT2D eigenvalue weighted by molar-refractivity contribution is 6.38. The quantitative estimate of drug-likeness (QED) is 0.404. The van der Waals surface area contributed by atoms with Gasteiger partial charge in [-0.25, -0.2) is 4.79 Å². The first-order valence-electron chi connectivity index (χ1n) is 11.0. The predicted molar refractivity (Wildman–Crippen MR) is 132 cm³/mol. The molecule has 12 heteroatoms. The fraction of sp³-hybridized carbons (Fsp3) is 0.333. The largest absolute Gasteiger partial charge is 0.460 e. The summed E-state index contributed by atoms with van der Waals surface area (Å²) >= 11 is 12.4. The first-order chi connectivity index (χ1) is 17.0. The van der Waals surface area contributed by atoms with Gasteiger partial charge in [-0.05, 0) is 43.7 Å². The summed E-state index contributed by atoms with van der Waals surface area (Å²) in [5.41, 5.74) is 0.363. The van der Waals surface area contributed by atoms with Crippen LogP contribution in [0.25, 0.3) is 11.4 Å². The number of benzene rings is 2. The number of nitrogens with one attached hydrogen (secondary N) is 1. The van der Waals surface area contributed by atoms with Crippen LogP contribution in [0.5, 0.6) is 0 Å². The first-order valence-corrected chi connectivity index (χ1v) is 11.7. The highest BCUT2D eigenvalue weighted by Gasteiger charge is 2.28. The van der Waals surface area contributed by atoms with Crippen LogP contribution in [0.4, 0.5) is 4.79 Å². The molecule has 0 aliphatic heterocycles. The molecular weight excluding hydrogens is 509 g/mol. The molecule has 1 aromatic heterocycles. The first kappa shape index (κ1) is 27.1. The number of hydrogen-bond acceptors (Lipinski definition) is 8. The zero-order valence-corrected chi connectivity index (χ0v) is 21.4. The monoisotopic (exact) mass is 533 g/mol. The number of rotatable bonds is 9. The lowest BCUT2D eigenvalue weighted by atomic mass is 10.1. The molecule has 0 radical (unpaired) electrons. The molecule has 0 aliphatic rings. The van der Waals surface area contributed by atoms with E-state index in [9.17, 15) is 14.4 Å². The Bertz CT molecular complexity index is 1210. The van der Waals surface area contributed by atoms with Crippen LogP contribution in [0.15, 0.2) is 48.5 Å². The third-order valence-corrected chi connectivity index (χ3v) is 5.25. The van der Waals surface area contributed by atoms with Crippen molar-refractivity contribution < 1.29 is 23.9 Å². The van der Waals surface area contributed by atoms with Gasteiger partial charge in [0, 0.05) is 0 Å². The summed E-state index contributed by atoms with van der Waals surface area (Å²) in [5, 5.41) is 15.0. The van der Waals surface area contributed by atoms with E-state index in [2.05, 4.69) is 20.7 Å². The Labute approximate surface area is 217 Å². The average molecular weight is 534 g/mol. The van der Waals surface area contributed by atoms with Crippen LogP contribution in [-0.2, 0) is 32.2 Å². The molecule has 1 heterocycles. The maximum atomic E-state index is 13.0. The number of halogens is 2. The SMILES string of the molecule is CC(C)(C)OC(=O)CC(NC(=O)OCc1ccccc1)C(=O)Cn1nnc(-c2c(Cl)cccc2Cl)n1. The molecule has 190 valence electrons. The van der Waals surface area contributed by atoms with Crippen LogP contribution >= 0.6 is 23.2 Å². The summed E-state index contributed by atoms with van der Waals surface area (Å²) in [4.78, 5) is 38.9. The summed E-state index contributed by atoms with van der Waals surface area (Å²) in [6.07, 6.45) is -1.27. The van der Waals surface area contributed by atoms with Crippen LogP contribution in [0.1, 0.15) is 32.8 Å². The normalized spacial score (nSPS) is 12.0. The Morgan fingerprint density at radius 3 is 2.33 bits per heavy atom. The summed E-state index contributed by atoms with van der Waals surface area (Å²) in [6, 6.07) is 12.7. The molecule has 3 rings (SSSR count). The van der Waals surface area contributed by atoms with Gasteiger partial charge in [-0.15, -0.1) is 10.2 Å². The van der Waals surface area contributed by atoms with Gasteiger partial charge in [0.25, 0.3) is 0 Å². The molecule has 0 aliphatic carbocycles. The number of esters is 1. The van der Waals surface area contributed by atoms with Gasteiger partial charge in [-0.2, -0.15) is 4.80 Å². The van der Waals surface area contributed by atoms with Gasteiger partial charge < -0.3 is 14.8 Å². The number of Topliss-reactive ketones (excluding diaryl/α,β-unsaturated/α-hetero) is 1. The third-order valence-electron chi connectivity index (χ3n) is 4.62. The van der Waals surface area contributed by atoms with Gasteiger partial charge in [0.15, 0.2) is 5.78 Å². The Kier molecular flexibility index (Phi) is 9.00. The molecule has 36 heavy (non-hydrogen) atoms. The highest BCUT2D eigenvalue weighted by Crippen LogP contribution is 2.31. The third kappa shape index (κ3) is 8.03. The van der Waals surface area contributed by atoms with Gasteiger partial charge in [-0.3, -0.25) is 9.59 Å². The second-order valence-corrected chi connectivity index (χ2v) is 9.57. The topological polar surface area (TPSA) is 125 Å². The molecule has 0 fully saturated rings. The molecule has 0 bridgehead atoms. The highest BCUT2D eigenvalue weighted by atomic mass is 35.5. The zero-order valence-electron chi connectivity index (χ0n) is 19.9. The maximum absolute atomic E-state index is 13.0. The van der Waals surface area contributed by atoms with Gasteiger partial charge in [-0.1, -0.05) is 59.6 Å². The zero-order chi connectivity index (χ0) is 26.3. The number of carbonyl (C=O) groups is 3. The predicted octanol–water partition coefficient (Wildman–Crippen LogP) is 4.24. The minimum Gasteiger partial charge on any atom is -0.460 e. The minimum atomic E-state index is -1.25. The van der Waals surface area contributed by atoms with E-state index >= 15 is 0 Å². The maximum Gasteiger partial charge on any atom is 0.408 e. The Morgan fingerprint density at radius 1 is 1.03 bits per heavy atom. The van der Waals surface area contributed by atoms with E-state index in [4.69, 9.17) is 32.7 Å². The Hall–Kier alpha value is -3.50. The molecule has 1 atom stereocenters. The minimum absolute atomic E-state index is 0.00733. The molecule has 1 amide bonds. The van der Waals surface area contributed by atoms with Crippen LogP contribution in [0.2, 0.25) is 10.0 Å². The molecule has 10 nitrogen and oxygen atoms in total. The number of nitrogens with zero attached hydrogens (tertiary/aromatic N) is 4.